The van der Waals surface area contributed by atoms with E-state index in [-0.39, 0.29) is 17.4 Å². The molecule has 1 aliphatic rings. The molecule has 1 saturated heterocycles. The van der Waals surface area contributed by atoms with Gasteiger partial charge in [0.25, 0.3) is 0 Å². The summed E-state index contributed by atoms with van der Waals surface area (Å²) in [4.78, 5) is 24.7. The molecule has 7 heteroatoms. The SMILES string of the molecule is O=C(O)[C@@H](Cc1cccc(-n2ccn(-c3cccc(O)c3)c2=O)c1)[C@H]1CCNC1. The van der Waals surface area contributed by atoms with Crippen LogP contribution in [-0.2, 0) is 11.2 Å². The number of benzene rings is 2. The zero-order chi connectivity index (χ0) is 20.4. The van der Waals surface area contributed by atoms with E-state index in [9.17, 15) is 19.8 Å². The predicted octanol–water partition coefficient (Wildman–Crippen LogP) is 2.19. The molecule has 0 radical (unpaired) electrons. The molecule has 3 N–H and O–H groups in total. The first kappa shape index (κ1) is 19.0. The molecule has 7 nitrogen and oxygen atoms in total. The molecule has 2 aromatic carbocycles. The summed E-state index contributed by atoms with van der Waals surface area (Å²) in [7, 11) is 0. The van der Waals surface area contributed by atoms with Crippen LogP contribution in [0.15, 0.2) is 65.7 Å². The van der Waals surface area contributed by atoms with E-state index in [0.717, 1.165) is 25.1 Å². The topological polar surface area (TPSA) is 96.5 Å². The van der Waals surface area contributed by atoms with Crippen LogP contribution in [0.5, 0.6) is 5.75 Å². The van der Waals surface area contributed by atoms with Crippen molar-refractivity contribution in [3.8, 4) is 17.1 Å². The maximum Gasteiger partial charge on any atom is 0.337 e. The summed E-state index contributed by atoms with van der Waals surface area (Å²) in [6.07, 6.45) is 4.61. The summed E-state index contributed by atoms with van der Waals surface area (Å²) in [6, 6.07) is 13.9. The van der Waals surface area contributed by atoms with Gasteiger partial charge in [0, 0.05) is 18.5 Å². The van der Waals surface area contributed by atoms with Gasteiger partial charge in [-0.1, -0.05) is 18.2 Å². The summed E-state index contributed by atoms with van der Waals surface area (Å²) in [5.41, 5.74) is 1.88. The minimum absolute atomic E-state index is 0.0882. The fourth-order valence-corrected chi connectivity index (χ4v) is 3.98. The van der Waals surface area contributed by atoms with E-state index in [0.29, 0.717) is 17.8 Å². The van der Waals surface area contributed by atoms with Crippen molar-refractivity contribution in [1.29, 1.82) is 0 Å². The van der Waals surface area contributed by atoms with Crippen molar-refractivity contribution in [2.45, 2.75) is 12.8 Å². The van der Waals surface area contributed by atoms with Gasteiger partial charge in [-0.3, -0.25) is 13.9 Å². The lowest BCUT2D eigenvalue weighted by Crippen LogP contribution is -2.27. The minimum Gasteiger partial charge on any atom is -0.508 e. The Morgan fingerprint density at radius 3 is 2.41 bits per heavy atom. The number of phenols is 1. The number of hydrogen-bond donors (Lipinski definition) is 3. The van der Waals surface area contributed by atoms with Crippen molar-refractivity contribution in [3.63, 3.8) is 0 Å². The van der Waals surface area contributed by atoms with Crippen molar-refractivity contribution in [2.75, 3.05) is 13.1 Å². The number of aromatic nitrogens is 2. The van der Waals surface area contributed by atoms with Gasteiger partial charge >= 0.3 is 11.7 Å². The smallest absolute Gasteiger partial charge is 0.337 e. The van der Waals surface area contributed by atoms with E-state index in [1.807, 2.05) is 24.3 Å². The van der Waals surface area contributed by atoms with Crippen LogP contribution in [0.25, 0.3) is 11.4 Å². The first-order valence-electron chi connectivity index (χ1n) is 9.65. The Labute approximate surface area is 167 Å². The van der Waals surface area contributed by atoms with Gasteiger partial charge in [0.2, 0.25) is 0 Å². The number of rotatable bonds is 6. The number of aromatic hydroxyl groups is 1. The highest BCUT2D eigenvalue weighted by molar-refractivity contribution is 5.71. The predicted molar refractivity (Wildman–Crippen MR) is 109 cm³/mol. The quantitative estimate of drug-likeness (QED) is 0.597. The van der Waals surface area contributed by atoms with Gasteiger partial charge in [-0.2, -0.15) is 0 Å². The Morgan fingerprint density at radius 1 is 1.10 bits per heavy atom. The van der Waals surface area contributed by atoms with Crippen LogP contribution in [0.2, 0.25) is 0 Å². The van der Waals surface area contributed by atoms with Crippen LogP contribution in [0.3, 0.4) is 0 Å². The van der Waals surface area contributed by atoms with Crippen molar-refractivity contribution >= 4 is 5.97 Å². The summed E-state index contributed by atoms with van der Waals surface area (Å²) in [6.45, 7) is 1.58. The fraction of sp³-hybridized carbons (Fsp3) is 0.273. The Bertz CT molecular complexity index is 1080. The van der Waals surface area contributed by atoms with Crippen molar-refractivity contribution in [3.05, 3.63) is 77.0 Å². The lowest BCUT2D eigenvalue weighted by molar-refractivity contribution is -0.143. The van der Waals surface area contributed by atoms with Gasteiger partial charge in [-0.15, -0.1) is 0 Å². The highest BCUT2D eigenvalue weighted by Crippen LogP contribution is 2.24. The van der Waals surface area contributed by atoms with E-state index in [4.69, 9.17) is 0 Å². The molecule has 150 valence electrons. The number of imidazole rings is 1. The third kappa shape index (κ3) is 3.95. The average molecular weight is 393 g/mol. The second-order valence-electron chi connectivity index (χ2n) is 7.41. The molecule has 4 rings (SSSR count). The average Bonchev–Trinajstić information content (AvgIpc) is 3.36. The Morgan fingerprint density at radius 2 is 1.79 bits per heavy atom. The normalized spacial score (nSPS) is 17.3. The third-order valence-electron chi connectivity index (χ3n) is 5.51. The van der Waals surface area contributed by atoms with Gasteiger partial charge in [-0.25, -0.2) is 4.79 Å². The molecule has 1 fully saturated rings. The molecule has 2 atom stereocenters. The van der Waals surface area contributed by atoms with Gasteiger partial charge in [-0.05, 0) is 61.7 Å². The minimum atomic E-state index is -0.781. The molecule has 0 spiro atoms. The first-order chi connectivity index (χ1) is 14.0. The fourth-order valence-electron chi connectivity index (χ4n) is 3.98. The van der Waals surface area contributed by atoms with E-state index in [1.165, 1.54) is 15.2 Å². The molecule has 0 aliphatic carbocycles. The van der Waals surface area contributed by atoms with Crippen LogP contribution < -0.4 is 11.0 Å². The second-order valence-corrected chi connectivity index (χ2v) is 7.41. The lowest BCUT2D eigenvalue weighted by atomic mass is 9.86. The monoisotopic (exact) mass is 393 g/mol. The number of carboxylic acids is 1. The molecular weight excluding hydrogens is 370 g/mol. The second kappa shape index (κ2) is 7.97. The lowest BCUT2D eigenvalue weighted by Gasteiger charge is -2.19. The van der Waals surface area contributed by atoms with Crippen LogP contribution in [0, 0.1) is 11.8 Å². The molecule has 0 saturated carbocycles. The van der Waals surface area contributed by atoms with Crippen LogP contribution in [-0.4, -0.2) is 38.4 Å². The van der Waals surface area contributed by atoms with E-state index >= 15 is 0 Å². The van der Waals surface area contributed by atoms with Gasteiger partial charge in [0.1, 0.15) is 5.75 Å². The van der Waals surface area contributed by atoms with E-state index in [1.54, 1.807) is 30.6 Å². The summed E-state index contributed by atoms with van der Waals surface area (Å²) >= 11 is 0. The van der Waals surface area contributed by atoms with Crippen molar-refractivity contribution in [2.24, 2.45) is 11.8 Å². The Balaban J connectivity index is 1.62. The maximum atomic E-state index is 12.9. The summed E-state index contributed by atoms with van der Waals surface area (Å²) in [5.74, 6) is -1.03. The molecule has 29 heavy (non-hydrogen) atoms. The standard InChI is InChI=1S/C22H23N3O4/c26-19-6-2-5-18(13-19)25-10-9-24(22(25)29)17-4-1-3-15(11-17)12-20(21(27)28)16-7-8-23-14-16/h1-6,9-11,13,16,20,23,26H,7-8,12,14H2,(H,27,28)/t16-,20-/m0/s1. The zero-order valence-electron chi connectivity index (χ0n) is 15.9. The van der Waals surface area contributed by atoms with Crippen LogP contribution in [0.4, 0.5) is 0 Å². The van der Waals surface area contributed by atoms with Gasteiger partial charge in [0.15, 0.2) is 0 Å². The first-order valence-corrected chi connectivity index (χ1v) is 9.65. The number of hydrogen-bond acceptors (Lipinski definition) is 4. The number of carbonyl (C=O) groups is 1. The number of aliphatic carboxylic acids is 1. The largest absolute Gasteiger partial charge is 0.508 e. The van der Waals surface area contributed by atoms with Crippen LogP contribution >= 0.6 is 0 Å². The third-order valence-corrected chi connectivity index (χ3v) is 5.51. The van der Waals surface area contributed by atoms with E-state index in [2.05, 4.69) is 5.32 Å². The van der Waals surface area contributed by atoms with Crippen molar-refractivity contribution in [1.82, 2.24) is 14.5 Å². The highest BCUT2D eigenvalue weighted by atomic mass is 16.4. The Hall–Kier alpha value is -3.32. The molecular formula is C22H23N3O4. The van der Waals surface area contributed by atoms with Gasteiger partial charge in [0.05, 0.1) is 17.3 Å². The van der Waals surface area contributed by atoms with Crippen LogP contribution in [0.1, 0.15) is 12.0 Å². The molecule has 3 aromatic rings. The summed E-state index contributed by atoms with van der Waals surface area (Å²) < 4.78 is 2.97. The molecule has 1 aromatic heterocycles. The molecule has 2 heterocycles. The number of carboxylic acid groups (broad SMARTS) is 1. The van der Waals surface area contributed by atoms with E-state index < -0.39 is 11.9 Å². The zero-order valence-corrected chi connectivity index (χ0v) is 15.9. The molecule has 0 amide bonds. The molecule has 1 aliphatic heterocycles. The Kier molecular flexibility index (Phi) is 5.22. The molecule has 0 bridgehead atoms. The van der Waals surface area contributed by atoms with Crippen molar-refractivity contribution < 1.29 is 15.0 Å². The molecule has 0 unspecified atom stereocenters. The van der Waals surface area contributed by atoms with Gasteiger partial charge < -0.3 is 15.5 Å². The number of nitrogens with one attached hydrogen (secondary N) is 1. The maximum absolute atomic E-state index is 12.9. The number of phenolic OH excluding ortho intramolecular Hbond substituents is 1. The highest BCUT2D eigenvalue weighted by Gasteiger charge is 2.30. The summed E-state index contributed by atoms with van der Waals surface area (Å²) in [5, 5.41) is 22.6. The number of nitrogens with zero attached hydrogens (tertiary/aromatic N) is 2.